The molecule has 4 aliphatic carbocycles. The number of halogens is 1. The number of aromatic nitrogens is 1. The van der Waals surface area contributed by atoms with E-state index in [1.165, 1.54) is 12.2 Å². The van der Waals surface area contributed by atoms with E-state index in [1.807, 2.05) is 43.3 Å². The molecular formula is C34H41FN3O6+. The topological polar surface area (TPSA) is 149 Å². The van der Waals surface area contributed by atoms with Crippen molar-refractivity contribution in [1.29, 1.82) is 0 Å². The van der Waals surface area contributed by atoms with Gasteiger partial charge in [-0.15, -0.1) is 0 Å². The molecule has 0 bridgehead atoms. The molecule has 1 aliphatic heterocycles. The van der Waals surface area contributed by atoms with Gasteiger partial charge in [-0.3, -0.25) is 4.79 Å². The molecule has 44 heavy (non-hydrogen) atoms. The van der Waals surface area contributed by atoms with Crippen molar-refractivity contribution < 1.29 is 39.7 Å². The molecule has 1 aromatic carbocycles. The molecule has 4 fully saturated rings. The van der Waals surface area contributed by atoms with Crippen LogP contribution in [-0.2, 0) is 20.8 Å². The lowest BCUT2D eigenvalue weighted by Crippen LogP contribution is -2.70. The van der Waals surface area contributed by atoms with Crippen molar-refractivity contribution in [2.24, 2.45) is 22.7 Å². The van der Waals surface area contributed by atoms with Gasteiger partial charge in [0.25, 0.3) is 0 Å². The lowest BCUT2D eigenvalue weighted by Gasteiger charge is -2.63. The van der Waals surface area contributed by atoms with Crippen molar-refractivity contribution in [3.63, 3.8) is 0 Å². The third-order valence-electron chi connectivity index (χ3n) is 11.7. The van der Waals surface area contributed by atoms with Crippen LogP contribution in [0.15, 0.2) is 66.4 Å². The van der Waals surface area contributed by atoms with Gasteiger partial charge in [0.05, 0.1) is 18.8 Å². The zero-order chi connectivity index (χ0) is 31.1. The quantitative estimate of drug-likeness (QED) is 0.337. The minimum atomic E-state index is -2.01. The van der Waals surface area contributed by atoms with Crippen LogP contribution in [0.25, 0.3) is 0 Å². The van der Waals surface area contributed by atoms with Crippen molar-refractivity contribution in [3.05, 3.63) is 77.5 Å². The highest BCUT2D eigenvalue weighted by Gasteiger charge is 2.79. The first-order valence-electron chi connectivity index (χ1n) is 15.5. The second-order valence-electron chi connectivity index (χ2n) is 13.7. The first kappa shape index (κ1) is 29.7. The molecule has 1 saturated heterocycles. The molecule has 3 saturated carbocycles. The number of pyridine rings is 1. The fourth-order valence-electron chi connectivity index (χ4n) is 9.39. The van der Waals surface area contributed by atoms with Crippen LogP contribution >= 0.6 is 0 Å². The Morgan fingerprint density at radius 1 is 1.18 bits per heavy atom. The van der Waals surface area contributed by atoms with Crippen molar-refractivity contribution in [3.8, 4) is 0 Å². The van der Waals surface area contributed by atoms with Gasteiger partial charge in [-0.25, -0.2) is 9.37 Å². The number of anilines is 1. The number of ether oxygens (including phenoxy) is 2. The minimum Gasteiger partial charge on any atom is -0.394 e. The summed E-state index contributed by atoms with van der Waals surface area (Å²) in [5, 5.41) is 36.7. The summed E-state index contributed by atoms with van der Waals surface area (Å²) in [6, 6.07) is 11.6. The molecule has 7 N–H and O–H groups in total. The molecule has 2 heterocycles. The molecule has 9 nitrogen and oxygen atoms in total. The van der Waals surface area contributed by atoms with E-state index in [-0.39, 0.29) is 18.1 Å². The summed E-state index contributed by atoms with van der Waals surface area (Å²) in [5.74, 6) is -0.345. The van der Waals surface area contributed by atoms with E-state index in [2.05, 4.69) is 16.0 Å². The average molecular weight is 607 g/mol. The Morgan fingerprint density at radius 3 is 2.66 bits per heavy atom. The third kappa shape index (κ3) is 3.98. The van der Waals surface area contributed by atoms with Gasteiger partial charge in [0.15, 0.2) is 17.7 Å². The van der Waals surface area contributed by atoms with Crippen LogP contribution in [-0.4, -0.2) is 62.3 Å². The van der Waals surface area contributed by atoms with Crippen LogP contribution in [0.4, 0.5) is 15.9 Å². The maximum atomic E-state index is 17.6. The number of alkyl halides is 1. The van der Waals surface area contributed by atoms with Crippen LogP contribution in [0.2, 0.25) is 0 Å². The van der Waals surface area contributed by atoms with E-state index in [1.54, 1.807) is 19.2 Å². The van der Waals surface area contributed by atoms with Gasteiger partial charge in [-0.2, -0.15) is 0 Å². The second kappa shape index (κ2) is 10.3. The zero-order valence-electron chi connectivity index (χ0n) is 25.1. The number of carbonyl (C=O) groups is 1. The number of benzene rings is 1. The molecule has 1 aromatic heterocycles. The predicted molar refractivity (Wildman–Crippen MR) is 159 cm³/mol. The van der Waals surface area contributed by atoms with Crippen LogP contribution in [0, 0.1) is 22.7 Å². The van der Waals surface area contributed by atoms with Gasteiger partial charge < -0.3 is 35.8 Å². The SMILES string of the molecule is CC12C=CC(=O)C=C1CCC1C3CC4OC(c5ccc(NCc6ccc([NH3+])cc6)nc5)OC4(C(O)CO)C3(C)CC(O)C12F. The highest BCUT2D eigenvalue weighted by Crippen LogP contribution is 2.72. The van der Waals surface area contributed by atoms with E-state index in [9.17, 15) is 20.1 Å². The van der Waals surface area contributed by atoms with Gasteiger partial charge in [0.1, 0.15) is 23.2 Å². The van der Waals surface area contributed by atoms with Crippen molar-refractivity contribution in [2.75, 3.05) is 11.9 Å². The molecule has 10 unspecified atom stereocenters. The Balaban J connectivity index is 1.16. The fourth-order valence-corrected chi connectivity index (χ4v) is 9.39. The Bertz CT molecular complexity index is 1520. The number of ketones is 1. The van der Waals surface area contributed by atoms with E-state index < -0.39 is 59.2 Å². The monoisotopic (exact) mass is 606 g/mol. The fraction of sp³-hybridized carbons (Fsp3) is 0.529. The molecule has 5 aliphatic rings. The smallest absolute Gasteiger partial charge is 0.186 e. The summed E-state index contributed by atoms with van der Waals surface area (Å²) >= 11 is 0. The number of hydrogen-bond acceptors (Lipinski definition) is 8. The number of nitrogens with one attached hydrogen (secondary N) is 1. The Hall–Kier alpha value is -2.99. The predicted octanol–water partition coefficient (Wildman–Crippen LogP) is 3.05. The van der Waals surface area contributed by atoms with Gasteiger partial charge in [-0.1, -0.05) is 30.7 Å². The largest absolute Gasteiger partial charge is 0.394 e. The number of quaternary nitrogens is 1. The van der Waals surface area contributed by atoms with E-state index in [0.29, 0.717) is 42.8 Å². The number of aliphatic hydroxyl groups is 3. The summed E-state index contributed by atoms with van der Waals surface area (Å²) in [5.41, 5.74) is 1.93. The van der Waals surface area contributed by atoms with Crippen LogP contribution in [0.3, 0.4) is 0 Å². The summed E-state index contributed by atoms with van der Waals surface area (Å²) < 4.78 is 30.7. The van der Waals surface area contributed by atoms with Gasteiger partial charge >= 0.3 is 0 Å². The Morgan fingerprint density at radius 2 is 1.95 bits per heavy atom. The average Bonchev–Trinajstić information content (AvgIpc) is 3.51. The number of fused-ring (bicyclic) bond motifs is 7. The first-order chi connectivity index (χ1) is 21.0. The third-order valence-corrected chi connectivity index (χ3v) is 11.7. The summed E-state index contributed by atoms with van der Waals surface area (Å²) in [6.45, 7) is 3.74. The van der Waals surface area contributed by atoms with Crippen molar-refractivity contribution >= 4 is 17.3 Å². The molecule has 0 spiro atoms. The van der Waals surface area contributed by atoms with E-state index >= 15 is 4.39 Å². The Kier molecular flexibility index (Phi) is 6.93. The maximum Gasteiger partial charge on any atom is 0.186 e. The molecule has 10 atom stereocenters. The van der Waals surface area contributed by atoms with Crippen LogP contribution in [0.5, 0.6) is 0 Å². The number of hydrogen-bond donors (Lipinski definition) is 5. The molecule has 0 radical (unpaired) electrons. The number of carbonyl (C=O) groups excluding carboxylic acids is 1. The Labute approximate surface area is 256 Å². The number of aliphatic hydroxyl groups excluding tert-OH is 3. The standard InChI is InChI=1S/C34H40FN3O6/c1-31-12-11-23(40)13-21(31)6-9-24-25-14-28-34(27(42)18-39,32(25,2)15-26(41)33(24,31)35)44-30(43-28)20-5-10-29(38-17-20)37-16-19-3-7-22(36)8-4-19/h3-5,7-8,10-13,17,24-28,30,39,41-42H,6,9,14-16,18,36H2,1-2H3,(H,37,38)/p+1. The number of rotatable bonds is 6. The lowest BCUT2D eigenvalue weighted by molar-refractivity contribution is -0.254. The van der Waals surface area contributed by atoms with Crippen LogP contribution < -0.4 is 11.1 Å². The van der Waals surface area contributed by atoms with Crippen molar-refractivity contribution in [1.82, 2.24) is 4.98 Å². The second-order valence-corrected chi connectivity index (χ2v) is 13.7. The minimum absolute atomic E-state index is 0.00907. The van der Waals surface area contributed by atoms with Gasteiger partial charge in [0, 0.05) is 35.1 Å². The maximum absolute atomic E-state index is 17.6. The molecular weight excluding hydrogens is 565 g/mol. The molecule has 0 amide bonds. The summed E-state index contributed by atoms with van der Waals surface area (Å²) in [7, 11) is 0. The van der Waals surface area contributed by atoms with E-state index in [0.717, 1.165) is 11.3 Å². The highest BCUT2D eigenvalue weighted by atomic mass is 19.1. The number of allylic oxidation sites excluding steroid dienone is 4. The van der Waals surface area contributed by atoms with Crippen molar-refractivity contribution in [2.45, 2.75) is 81.9 Å². The first-order valence-corrected chi connectivity index (χ1v) is 15.5. The van der Waals surface area contributed by atoms with Crippen LogP contribution in [0.1, 0.15) is 56.9 Å². The molecule has 7 rings (SSSR count). The highest BCUT2D eigenvalue weighted by molar-refractivity contribution is 6.01. The lowest BCUT2D eigenvalue weighted by atomic mass is 9.44. The normalized spacial score (nSPS) is 41.3. The summed E-state index contributed by atoms with van der Waals surface area (Å²) in [6.07, 6.45) is 3.43. The molecule has 2 aromatic rings. The molecule has 234 valence electrons. The zero-order valence-corrected chi connectivity index (χ0v) is 25.1. The molecule has 10 heteroatoms. The van der Waals surface area contributed by atoms with E-state index in [4.69, 9.17) is 9.47 Å². The van der Waals surface area contributed by atoms with Gasteiger partial charge in [-0.05, 0) is 80.5 Å². The number of nitrogens with zero attached hydrogens (tertiary/aromatic N) is 1. The van der Waals surface area contributed by atoms with Gasteiger partial charge in [0.2, 0.25) is 0 Å². The summed E-state index contributed by atoms with van der Waals surface area (Å²) in [4.78, 5) is 16.7.